The molecule has 0 spiro atoms. The van der Waals surface area contributed by atoms with Crippen molar-refractivity contribution in [2.75, 3.05) is 12.4 Å². The largest absolute Gasteiger partial charge is 0.357 e. The van der Waals surface area contributed by atoms with Crippen molar-refractivity contribution >= 4 is 17.3 Å². The number of anilines is 1. The molecule has 4 heteroatoms. The third-order valence-electron chi connectivity index (χ3n) is 3.26. The molecule has 0 aliphatic heterocycles. The highest BCUT2D eigenvalue weighted by Crippen LogP contribution is 2.44. The van der Waals surface area contributed by atoms with E-state index in [2.05, 4.69) is 40.6 Å². The maximum Gasteiger partial charge on any atom is 0.222 e. The molecule has 17 heavy (non-hydrogen) atoms. The molecule has 0 atom stereocenters. The molecule has 0 saturated carbocycles. The summed E-state index contributed by atoms with van der Waals surface area (Å²) >= 11 is 1.83. The van der Waals surface area contributed by atoms with Crippen LogP contribution >= 0.6 is 11.3 Å². The lowest BCUT2D eigenvalue weighted by atomic mass is 9.77. The van der Waals surface area contributed by atoms with Gasteiger partial charge in [-0.2, -0.15) is 0 Å². The van der Waals surface area contributed by atoms with Gasteiger partial charge in [0.25, 0.3) is 0 Å². The molecule has 1 N–H and O–H groups in total. The summed E-state index contributed by atoms with van der Waals surface area (Å²) < 4.78 is 0. The summed E-state index contributed by atoms with van der Waals surface area (Å²) in [5, 5.41) is 5.16. The summed E-state index contributed by atoms with van der Waals surface area (Å²) in [5.74, 6) is 0.695. The van der Waals surface area contributed by atoms with Gasteiger partial charge in [0.05, 0.1) is 5.69 Å². The van der Waals surface area contributed by atoms with Crippen LogP contribution in [0.15, 0.2) is 17.6 Å². The average Bonchev–Trinajstić information content (AvgIpc) is 2.78. The Hall–Kier alpha value is -1.42. The Morgan fingerprint density at radius 1 is 1.41 bits per heavy atom. The van der Waals surface area contributed by atoms with Crippen LogP contribution in [0.2, 0.25) is 0 Å². The lowest BCUT2D eigenvalue weighted by Crippen LogP contribution is -2.24. The van der Waals surface area contributed by atoms with Crippen LogP contribution in [0.1, 0.15) is 24.3 Å². The Morgan fingerprint density at radius 3 is 3.00 bits per heavy atom. The molecule has 1 aliphatic rings. The van der Waals surface area contributed by atoms with E-state index in [1.165, 1.54) is 16.0 Å². The van der Waals surface area contributed by atoms with Crippen molar-refractivity contribution in [3.8, 4) is 11.3 Å². The number of fused-ring (bicyclic) bond motifs is 3. The molecule has 2 aromatic heterocycles. The molecule has 0 saturated heterocycles. The maximum absolute atomic E-state index is 4.60. The SMILES string of the molecule is CNc1ncc2c(n1)-c1ccsc1C(C)(C)C2. The summed E-state index contributed by atoms with van der Waals surface area (Å²) in [6.45, 7) is 4.58. The Kier molecular flexibility index (Phi) is 2.23. The van der Waals surface area contributed by atoms with E-state index in [9.17, 15) is 0 Å². The van der Waals surface area contributed by atoms with Gasteiger partial charge < -0.3 is 5.32 Å². The van der Waals surface area contributed by atoms with E-state index in [4.69, 9.17) is 0 Å². The van der Waals surface area contributed by atoms with Gasteiger partial charge in [-0.1, -0.05) is 13.8 Å². The molecule has 0 fully saturated rings. The van der Waals surface area contributed by atoms with Crippen LogP contribution in [0.5, 0.6) is 0 Å². The minimum absolute atomic E-state index is 0.195. The highest BCUT2D eigenvalue weighted by atomic mass is 32.1. The molecule has 0 unspecified atom stereocenters. The monoisotopic (exact) mass is 245 g/mol. The number of rotatable bonds is 1. The summed E-state index contributed by atoms with van der Waals surface area (Å²) in [5.41, 5.74) is 3.82. The van der Waals surface area contributed by atoms with Crippen LogP contribution in [0, 0.1) is 0 Å². The predicted molar refractivity (Wildman–Crippen MR) is 71.6 cm³/mol. The quantitative estimate of drug-likeness (QED) is 0.839. The molecule has 3 rings (SSSR count). The van der Waals surface area contributed by atoms with Gasteiger partial charge in [0.1, 0.15) is 0 Å². The van der Waals surface area contributed by atoms with Gasteiger partial charge in [0, 0.05) is 29.1 Å². The van der Waals surface area contributed by atoms with Gasteiger partial charge >= 0.3 is 0 Å². The molecule has 0 radical (unpaired) electrons. The van der Waals surface area contributed by atoms with Crippen LogP contribution < -0.4 is 5.32 Å². The number of nitrogens with one attached hydrogen (secondary N) is 1. The smallest absolute Gasteiger partial charge is 0.222 e. The first-order chi connectivity index (χ1) is 8.12. The van der Waals surface area contributed by atoms with Gasteiger partial charge in [-0.3, -0.25) is 0 Å². The molecule has 0 bridgehead atoms. The van der Waals surface area contributed by atoms with Gasteiger partial charge in [0.2, 0.25) is 5.95 Å². The zero-order valence-electron chi connectivity index (χ0n) is 10.2. The maximum atomic E-state index is 4.60. The van der Waals surface area contributed by atoms with E-state index >= 15 is 0 Å². The fraction of sp³-hybridized carbons (Fsp3) is 0.385. The lowest BCUT2D eigenvalue weighted by Gasteiger charge is -2.30. The Balaban J connectivity index is 2.24. The molecule has 2 heterocycles. The second-order valence-corrected chi connectivity index (χ2v) is 5.96. The fourth-order valence-electron chi connectivity index (χ4n) is 2.47. The number of hydrogen-bond acceptors (Lipinski definition) is 4. The Labute approximate surface area is 105 Å². The molecule has 88 valence electrons. The van der Waals surface area contributed by atoms with Crippen LogP contribution in [0.3, 0.4) is 0 Å². The second-order valence-electron chi connectivity index (χ2n) is 5.04. The summed E-state index contributed by atoms with van der Waals surface area (Å²) in [4.78, 5) is 10.3. The summed E-state index contributed by atoms with van der Waals surface area (Å²) in [7, 11) is 1.85. The second kappa shape index (κ2) is 3.53. The van der Waals surface area contributed by atoms with E-state index in [1.807, 2.05) is 24.6 Å². The standard InChI is InChI=1S/C13H15N3S/c1-13(2)6-8-7-15-12(14-3)16-10(8)9-4-5-17-11(9)13/h4-5,7H,6H2,1-3H3,(H,14,15,16). The highest BCUT2D eigenvalue weighted by molar-refractivity contribution is 7.10. The molecule has 0 amide bonds. The van der Waals surface area contributed by atoms with E-state index in [-0.39, 0.29) is 5.41 Å². The van der Waals surface area contributed by atoms with Crippen molar-refractivity contribution in [3.05, 3.63) is 28.1 Å². The Morgan fingerprint density at radius 2 is 2.24 bits per heavy atom. The predicted octanol–water partition coefficient (Wildman–Crippen LogP) is 3.08. The van der Waals surface area contributed by atoms with Gasteiger partial charge in [-0.15, -0.1) is 11.3 Å². The Bertz CT molecular complexity index is 572. The first kappa shape index (κ1) is 10.7. The number of aromatic nitrogens is 2. The normalized spacial score (nSPS) is 16.2. The number of hydrogen-bond donors (Lipinski definition) is 1. The van der Waals surface area contributed by atoms with Crippen LogP contribution in [-0.2, 0) is 11.8 Å². The summed E-state index contributed by atoms with van der Waals surface area (Å²) in [6, 6.07) is 2.17. The zero-order valence-corrected chi connectivity index (χ0v) is 11.1. The number of nitrogens with zero attached hydrogens (tertiary/aromatic N) is 2. The van der Waals surface area contributed by atoms with Crippen molar-refractivity contribution in [2.24, 2.45) is 0 Å². The highest BCUT2D eigenvalue weighted by Gasteiger charge is 2.33. The van der Waals surface area contributed by atoms with Crippen molar-refractivity contribution < 1.29 is 0 Å². The average molecular weight is 245 g/mol. The lowest BCUT2D eigenvalue weighted by molar-refractivity contribution is 0.526. The molecule has 2 aromatic rings. The van der Waals surface area contributed by atoms with E-state index in [0.717, 1.165) is 12.1 Å². The fourth-order valence-corrected chi connectivity index (χ4v) is 3.49. The van der Waals surface area contributed by atoms with E-state index in [1.54, 1.807) is 0 Å². The van der Waals surface area contributed by atoms with Crippen molar-refractivity contribution in [3.63, 3.8) is 0 Å². The first-order valence-corrected chi connectivity index (χ1v) is 6.62. The minimum Gasteiger partial charge on any atom is -0.357 e. The third kappa shape index (κ3) is 1.55. The van der Waals surface area contributed by atoms with Crippen LogP contribution in [0.4, 0.5) is 5.95 Å². The molecule has 0 aromatic carbocycles. The van der Waals surface area contributed by atoms with Gasteiger partial charge in [0.15, 0.2) is 0 Å². The first-order valence-electron chi connectivity index (χ1n) is 5.74. The zero-order chi connectivity index (χ0) is 12.0. The molecular weight excluding hydrogens is 230 g/mol. The molecular formula is C13H15N3S. The van der Waals surface area contributed by atoms with Crippen molar-refractivity contribution in [1.29, 1.82) is 0 Å². The minimum atomic E-state index is 0.195. The third-order valence-corrected chi connectivity index (χ3v) is 4.54. The topological polar surface area (TPSA) is 37.8 Å². The molecule has 3 nitrogen and oxygen atoms in total. The van der Waals surface area contributed by atoms with Crippen molar-refractivity contribution in [2.45, 2.75) is 25.7 Å². The number of thiophene rings is 1. The van der Waals surface area contributed by atoms with Crippen LogP contribution in [-0.4, -0.2) is 17.0 Å². The summed E-state index contributed by atoms with van der Waals surface area (Å²) in [6.07, 6.45) is 2.97. The van der Waals surface area contributed by atoms with E-state index < -0.39 is 0 Å². The van der Waals surface area contributed by atoms with Gasteiger partial charge in [-0.05, 0) is 23.4 Å². The van der Waals surface area contributed by atoms with E-state index in [0.29, 0.717) is 5.95 Å². The molecule has 1 aliphatic carbocycles. The van der Waals surface area contributed by atoms with Gasteiger partial charge in [-0.25, -0.2) is 9.97 Å². The van der Waals surface area contributed by atoms with Crippen molar-refractivity contribution in [1.82, 2.24) is 9.97 Å². The van der Waals surface area contributed by atoms with Crippen LogP contribution in [0.25, 0.3) is 11.3 Å².